The molecule has 0 aromatic carbocycles. The van der Waals surface area contributed by atoms with Gasteiger partial charge in [-0.1, -0.05) is 29.5 Å². The van der Waals surface area contributed by atoms with Crippen molar-refractivity contribution in [2.45, 2.75) is 43.0 Å². The van der Waals surface area contributed by atoms with Gasteiger partial charge in [-0.15, -0.1) is 0 Å². The minimum atomic E-state index is -0.0716. The van der Waals surface area contributed by atoms with Gasteiger partial charge in [-0.25, -0.2) is 0 Å². The normalized spacial score (nSPS) is 35.2. The molecule has 100 valence electrons. The molecule has 18 heavy (non-hydrogen) atoms. The monoisotopic (exact) mass is 361 g/mol. The SMILES string of the molecule is CCC(I)C(=O)OCC1CC2CC(CC#N)C1C2. The second kappa shape index (κ2) is 6.23. The molecule has 0 saturated heterocycles. The van der Waals surface area contributed by atoms with Crippen LogP contribution in [0.15, 0.2) is 0 Å². The molecule has 2 bridgehead atoms. The fourth-order valence-electron chi connectivity index (χ4n) is 3.64. The van der Waals surface area contributed by atoms with E-state index in [0.29, 0.717) is 30.8 Å². The molecule has 0 aliphatic heterocycles. The lowest BCUT2D eigenvalue weighted by Gasteiger charge is -2.27. The van der Waals surface area contributed by atoms with E-state index in [4.69, 9.17) is 10.00 Å². The summed E-state index contributed by atoms with van der Waals surface area (Å²) in [6.45, 7) is 2.57. The molecule has 2 aliphatic carbocycles. The summed E-state index contributed by atoms with van der Waals surface area (Å²) in [5.41, 5.74) is 0. The van der Waals surface area contributed by atoms with Gasteiger partial charge in [0.1, 0.15) is 3.92 Å². The second-order valence-corrected chi connectivity index (χ2v) is 7.13. The highest BCUT2D eigenvalue weighted by atomic mass is 127. The molecule has 4 heteroatoms. The number of hydrogen-bond acceptors (Lipinski definition) is 3. The third-order valence-corrected chi connectivity index (χ3v) is 5.89. The number of carbonyl (C=O) groups excluding carboxylic acids is 1. The molecule has 0 N–H and O–H groups in total. The van der Waals surface area contributed by atoms with Gasteiger partial charge in [0.15, 0.2) is 0 Å². The number of nitriles is 1. The Labute approximate surface area is 122 Å². The minimum Gasteiger partial charge on any atom is -0.465 e. The van der Waals surface area contributed by atoms with E-state index in [9.17, 15) is 4.79 Å². The van der Waals surface area contributed by atoms with Gasteiger partial charge in [0.05, 0.1) is 12.7 Å². The zero-order valence-electron chi connectivity index (χ0n) is 10.8. The second-order valence-electron chi connectivity index (χ2n) is 5.63. The van der Waals surface area contributed by atoms with Crippen LogP contribution in [0.1, 0.15) is 39.0 Å². The first-order valence-electron chi connectivity index (χ1n) is 6.83. The molecular weight excluding hydrogens is 341 g/mol. The van der Waals surface area contributed by atoms with Gasteiger partial charge in [-0.3, -0.25) is 4.79 Å². The Morgan fingerprint density at radius 1 is 1.44 bits per heavy atom. The summed E-state index contributed by atoms with van der Waals surface area (Å²) < 4.78 is 5.41. The molecule has 0 radical (unpaired) electrons. The van der Waals surface area contributed by atoms with Crippen LogP contribution >= 0.6 is 22.6 Å². The molecule has 0 heterocycles. The number of ether oxygens (including phenoxy) is 1. The van der Waals surface area contributed by atoms with E-state index in [1.54, 1.807) is 0 Å². The Kier molecular flexibility index (Phi) is 4.88. The number of fused-ring (bicyclic) bond motifs is 2. The number of carbonyl (C=O) groups is 1. The van der Waals surface area contributed by atoms with E-state index in [0.717, 1.165) is 12.3 Å². The van der Waals surface area contributed by atoms with Crippen molar-refractivity contribution in [3.63, 3.8) is 0 Å². The first-order valence-corrected chi connectivity index (χ1v) is 8.07. The van der Waals surface area contributed by atoms with Crippen molar-refractivity contribution < 1.29 is 9.53 Å². The lowest BCUT2D eigenvalue weighted by Crippen LogP contribution is -2.27. The molecule has 3 nitrogen and oxygen atoms in total. The average Bonchev–Trinajstić information content (AvgIpc) is 2.94. The minimum absolute atomic E-state index is 0.0175. The van der Waals surface area contributed by atoms with Crippen molar-refractivity contribution in [3.8, 4) is 6.07 Å². The fourth-order valence-corrected chi connectivity index (χ4v) is 3.82. The van der Waals surface area contributed by atoms with Crippen LogP contribution in [0.5, 0.6) is 0 Å². The lowest BCUT2D eigenvalue weighted by atomic mass is 9.79. The van der Waals surface area contributed by atoms with Crippen molar-refractivity contribution in [2.75, 3.05) is 6.61 Å². The third kappa shape index (κ3) is 2.98. The molecule has 2 saturated carbocycles. The maximum Gasteiger partial charge on any atom is 0.318 e. The van der Waals surface area contributed by atoms with Gasteiger partial charge in [0.25, 0.3) is 0 Å². The Morgan fingerprint density at radius 3 is 2.78 bits per heavy atom. The van der Waals surface area contributed by atoms with Crippen molar-refractivity contribution in [1.82, 2.24) is 0 Å². The average molecular weight is 361 g/mol. The molecule has 0 amide bonds. The van der Waals surface area contributed by atoms with Gasteiger partial charge in [0.2, 0.25) is 0 Å². The van der Waals surface area contributed by atoms with Gasteiger partial charge in [-0.2, -0.15) is 5.26 Å². The summed E-state index contributed by atoms with van der Waals surface area (Å²) in [6.07, 6.45) is 5.16. The van der Waals surface area contributed by atoms with Crippen LogP contribution in [0.3, 0.4) is 0 Å². The zero-order chi connectivity index (χ0) is 13.1. The summed E-state index contributed by atoms with van der Waals surface area (Å²) in [5, 5.41) is 8.83. The summed E-state index contributed by atoms with van der Waals surface area (Å²) >= 11 is 2.14. The van der Waals surface area contributed by atoms with Crippen molar-refractivity contribution in [3.05, 3.63) is 0 Å². The highest BCUT2D eigenvalue weighted by Crippen LogP contribution is 2.52. The topological polar surface area (TPSA) is 50.1 Å². The summed E-state index contributed by atoms with van der Waals surface area (Å²) in [5.74, 6) is 2.39. The highest BCUT2D eigenvalue weighted by molar-refractivity contribution is 14.1. The first-order chi connectivity index (χ1) is 8.65. The lowest BCUT2D eigenvalue weighted by molar-refractivity contribution is -0.144. The van der Waals surface area contributed by atoms with E-state index in [2.05, 4.69) is 28.7 Å². The van der Waals surface area contributed by atoms with Crippen molar-refractivity contribution in [2.24, 2.45) is 23.7 Å². The summed E-state index contributed by atoms with van der Waals surface area (Å²) in [4.78, 5) is 11.7. The van der Waals surface area contributed by atoms with Gasteiger partial charge >= 0.3 is 5.97 Å². The number of halogens is 1. The standard InChI is InChI=1S/C14H20INO2/c1-2-13(15)14(17)18-8-11-6-9-5-10(3-4-16)12(11)7-9/h9-13H,2-3,5-8H2,1H3. The highest BCUT2D eigenvalue weighted by Gasteiger charge is 2.46. The zero-order valence-corrected chi connectivity index (χ0v) is 12.9. The van der Waals surface area contributed by atoms with E-state index < -0.39 is 0 Å². The van der Waals surface area contributed by atoms with E-state index in [1.165, 1.54) is 19.3 Å². The first kappa shape index (κ1) is 14.1. The molecule has 0 aromatic rings. The van der Waals surface area contributed by atoms with Crippen LogP contribution in [0, 0.1) is 35.0 Å². The number of rotatable bonds is 5. The molecule has 2 rings (SSSR count). The summed E-state index contributed by atoms with van der Waals surface area (Å²) in [6, 6.07) is 2.30. The van der Waals surface area contributed by atoms with Crippen LogP contribution in [0.25, 0.3) is 0 Å². The van der Waals surface area contributed by atoms with Crippen LogP contribution in [-0.4, -0.2) is 16.5 Å². The number of esters is 1. The van der Waals surface area contributed by atoms with Crippen LogP contribution < -0.4 is 0 Å². The van der Waals surface area contributed by atoms with Crippen LogP contribution in [0.2, 0.25) is 0 Å². The van der Waals surface area contributed by atoms with Gasteiger partial charge in [0, 0.05) is 6.42 Å². The number of nitrogens with zero attached hydrogens (tertiary/aromatic N) is 1. The predicted octanol–water partition coefficient (Wildman–Crippen LogP) is 3.32. The third-order valence-electron chi connectivity index (χ3n) is 4.50. The fraction of sp³-hybridized carbons (Fsp3) is 0.857. The van der Waals surface area contributed by atoms with Crippen LogP contribution in [-0.2, 0) is 9.53 Å². The van der Waals surface area contributed by atoms with Gasteiger partial charge in [-0.05, 0) is 49.4 Å². The predicted molar refractivity (Wildman–Crippen MR) is 77.1 cm³/mol. The Bertz CT molecular complexity index is 352. The molecule has 5 unspecified atom stereocenters. The van der Waals surface area contributed by atoms with E-state index in [1.807, 2.05) is 6.92 Å². The molecule has 2 aliphatic rings. The maximum absolute atomic E-state index is 11.7. The number of alkyl halides is 1. The smallest absolute Gasteiger partial charge is 0.318 e. The molecule has 5 atom stereocenters. The van der Waals surface area contributed by atoms with Gasteiger partial charge < -0.3 is 4.74 Å². The molecule has 0 spiro atoms. The van der Waals surface area contributed by atoms with Crippen LogP contribution in [0.4, 0.5) is 0 Å². The van der Waals surface area contributed by atoms with E-state index in [-0.39, 0.29) is 9.89 Å². The molecular formula is C14H20INO2. The van der Waals surface area contributed by atoms with Crippen molar-refractivity contribution >= 4 is 28.6 Å². The Balaban J connectivity index is 1.81. The Morgan fingerprint density at radius 2 is 2.17 bits per heavy atom. The van der Waals surface area contributed by atoms with E-state index >= 15 is 0 Å². The largest absolute Gasteiger partial charge is 0.465 e. The molecule has 0 aromatic heterocycles. The van der Waals surface area contributed by atoms with Crippen molar-refractivity contribution in [1.29, 1.82) is 5.26 Å². The quantitative estimate of drug-likeness (QED) is 0.429. The molecule has 2 fully saturated rings. The Hall–Kier alpha value is -0.310. The summed E-state index contributed by atoms with van der Waals surface area (Å²) in [7, 11) is 0. The maximum atomic E-state index is 11.7. The number of hydrogen-bond donors (Lipinski definition) is 0.